The molecular weight excluding hydrogens is 323 g/mol. The molecule has 0 radical (unpaired) electrons. The van der Waals surface area contributed by atoms with Crippen LogP contribution in [0.5, 0.6) is 0 Å². The Bertz CT molecular complexity index is 378. The minimum atomic E-state index is 0.861. The van der Waals surface area contributed by atoms with Crippen LogP contribution in [0.2, 0.25) is 0 Å². The van der Waals surface area contributed by atoms with Crippen molar-refractivity contribution in [2.45, 2.75) is 32.6 Å². The van der Waals surface area contributed by atoms with Crippen LogP contribution in [0.1, 0.15) is 32.6 Å². The standard InChI is InChI=1S/C14H21IN2/c1-2-11-4-3-8-17(9-7-11)14-6-5-12(16)10-13(14)15/h5-6,10-11H,2-4,7-9,16H2,1H3. The highest BCUT2D eigenvalue weighted by atomic mass is 127. The average Bonchev–Trinajstić information content (AvgIpc) is 2.54. The van der Waals surface area contributed by atoms with Crippen LogP contribution in [-0.4, -0.2) is 13.1 Å². The first-order valence-corrected chi connectivity index (χ1v) is 7.58. The lowest BCUT2D eigenvalue weighted by Crippen LogP contribution is -2.25. The van der Waals surface area contributed by atoms with Crippen molar-refractivity contribution in [2.24, 2.45) is 5.92 Å². The van der Waals surface area contributed by atoms with Gasteiger partial charge in [0.25, 0.3) is 0 Å². The third-order valence-corrected chi connectivity index (χ3v) is 4.60. The summed E-state index contributed by atoms with van der Waals surface area (Å²) in [7, 11) is 0. The van der Waals surface area contributed by atoms with Crippen molar-refractivity contribution in [3.8, 4) is 0 Å². The van der Waals surface area contributed by atoms with Crippen LogP contribution in [0.25, 0.3) is 0 Å². The molecule has 1 aromatic carbocycles. The molecule has 0 bridgehead atoms. The quantitative estimate of drug-likeness (QED) is 0.652. The molecule has 1 aliphatic heterocycles. The normalized spacial score (nSPS) is 21.3. The molecule has 0 amide bonds. The van der Waals surface area contributed by atoms with E-state index < -0.39 is 0 Å². The van der Waals surface area contributed by atoms with E-state index in [4.69, 9.17) is 5.73 Å². The Labute approximate surface area is 118 Å². The van der Waals surface area contributed by atoms with Crippen LogP contribution in [-0.2, 0) is 0 Å². The van der Waals surface area contributed by atoms with Gasteiger partial charge in [0, 0.05) is 22.3 Å². The fourth-order valence-corrected chi connectivity index (χ4v) is 3.47. The zero-order chi connectivity index (χ0) is 12.3. The van der Waals surface area contributed by atoms with E-state index in [9.17, 15) is 0 Å². The second-order valence-electron chi connectivity index (χ2n) is 4.90. The number of nitrogen functional groups attached to an aromatic ring is 1. The predicted molar refractivity (Wildman–Crippen MR) is 83.4 cm³/mol. The molecule has 1 unspecified atom stereocenters. The van der Waals surface area contributed by atoms with E-state index in [2.05, 4.69) is 46.5 Å². The van der Waals surface area contributed by atoms with Gasteiger partial charge in [-0.15, -0.1) is 0 Å². The molecule has 1 aliphatic rings. The van der Waals surface area contributed by atoms with Crippen LogP contribution < -0.4 is 10.6 Å². The van der Waals surface area contributed by atoms with E-state index in [1.807, 2.05) is 6.07 Å². The zero-order valence-corrected chi connectivity index (χ0v) is 12.6. The summed E-state index contributed by atoms with van der Waals surface area (Å²) in [6, 6.07) is 6.25. The summed E-state index contributed by atoms with van der Waals surface area (Å²) in [5, 5.41) is 0. The SMILES string of the molecule is CCC1CCCN(c2ccc(N)cc2I)CC1. The van der Waals surface area contributed by atoms with Gasteiger partial charge in [-0.3, -0.25) is 0 Å². The lowest BCUT2D eigenvalue weighted by molar-refractivity contribution is 0.459. The van der Waals surface area contributed by atoms with Gasteiger partial charge >= 0.3 is 0 Å². The molecule has 3 heteroatoms. The minimum absolute atomic E-state index is 0.861. The summed E-state index contributed by atoms with van der Waals surface area (Å²) >= 11 is 2.39. The summed E-state index contributed by atoms with van der Waals surface area (Å²) < 4.78 is 1.28. The van der Waals surface area contributed by atoms with Crippen molar-refractivity contribution in [1.29, 1.82) is 0 Å². The van der Waals surface area contributed by atoms with Crippen LogP contribution in [0.15, 0.2) is 18.2 Å². The van der Waals surface area contributed by atoms with Crippen molar-refractivity contribution in [3.63, 3.8) is 0 Å². The van der Waals surface area contributed by atoms with Crippen molar-refractivity contribution in [2.75, 3.05) is 23.7 Å². The number of anilines is 2. The van der Waals surface area contributed by atoms with E-state index in [0.717, 1.165) is 11.6 Å². The molecule has 2 N–H and O–H groups in total. The van der Waals surface area contributed by atoms with Crippen molar-refractivity contribution < 1.29 is 0 Å². The van der Waals surface area contributed by atoms with E-state index >= 15 is 0 Å². The Hall–Kier alpha value is -0.450. The van der Waals surface area contributed by atoms with Gasteiger partial charge in [0.2, 0.25) is 0 Å². The second-order valence-corrected chi connectivity index (χ2v) is 6.07. The number of hydrogen-bond acceptors (Lipinski definition) is 2. The Morgan fingerprint density at radius 2 is 2.18 bits per heavy atom. The summed E-state index contributed by atoms with van der Waals surface area (Å²) in [5.41, 5.74) is 8.03. The van der Waals surface area contributed by atoms with Gasteiger partial charge in [-0.05, 0) is 66.0 Å². The Balaban J connectivity index is 2.11. The molecule has 1 aromatic rings. The first kappa shape index (κ1) is 13.0. The van der Waals surface area contributed by atoms with Crippen molar-refractivity contribution >= 4 is 34.0 Å². The molecule has 0 aromatic heterocycles. The number of rotatable bonds is 2. The van der Waals surface area contributed by atoms with Gasteiger partial charge in [0.1, 0.15) is 0 Å². The lowest BCUT2D eigenvalue weighted by atomic mass is 9.98. The highest BCUT2D eigenvalue weighted by molar-refractivity contribution is 14.1. The molecule has 2 rings (SSSR count). The zero-order valence-electron chi connectivity index (χ0n) is 10.5. The number of hydrogen-bond donors (Lipinski definition) is 1. The van der Waals surface area contributed by atoms with E-state index in [1.54, 1.807) is 0 Å². The number of halogens is 1. The maximum atomic E-state index is 5.81. The van der Waals surface area contributed by atoms with Gasteiger partial charge in [-0.1, -0.05) is 13.3 Å². The molecule has 1 saturated heterocycles. The Morgan fingerprint density at radius 1 is 1.35 bits per heavy atom. The monoisotopic (exact) mass is 344 g/mol. The second kappa shape index (κ2) is 5.94. The molecule has 2 nitrogen and oxygen atoms in total. The van der Waals surface area contributed by atoms with Crippen LogP contribution in [0.3, 0.4) is 0 Å². The molecule has 0 saturated carbocycles. The van der Waals surface area contributed by atoms with Gasteiger partial charge < -0.3 is 10.6 Å². The first-order chi connectivity index (χ1) is 8.20. The molecule has 1 atom stereocenters. The number of nitrogens with zero attached hydrogens (tertiary/aromatic N) is 1. The highest BCUT2D eigenvalue weighted by Crippen LogP contribution is 2.29. The predicted octanol–water partition coefficient (Wildman–Crippen LogP) is 3.89. The third kappa shape index (κ3) is 3.27. The maximum absolute atomic E-state index is 5.81. The first-order valence-electron chi connectivity index (χ1n) is 6.50. The molecule has 1 heterocycles. The Morgan fingerprint density at radius 3 is 2.88 bits per heavy atom. The molecular formula is C14H21IN2. The highest BCUT2D eigenvalue weighted by Gasteiger charge is 2.17. The van der Waals surface area contributed by atoms with Crippen molar-refractivity contribution in [1.82, 2.24) is 0 Å². The maximum Gasteiger partial charge on any atom is 0.0503 e. The summed E-state index contributed by atoms with van der Waals surface area (Å²) in [6.07, 6.45) is 5.36. The minimum Gasteiger partial charge on any atom is -0.399 e. The van der Waals surface area contributed by atoms with Crippen LogP contribution in [0.4, 0.5) is 11.4 Å². The number of nitrogens with two attached hydrogens (primary N) is 1. The van der Waals surface area contributed by atoms with Gasteiger partial charge in [0.05, 0.1) is 5.69 Å². The fourth-order valence-electron chi connectivity index (χ4n) is 2.59. The van der Waals surface area contributed by atoms with E-state index in [-0.39, 0.29) is 0 Å². The molecule has 17 heavy (non-hydrogen) atoms. The topological polar surface area (TPSA) is 29.3 Å². The molecule has 0 aliphatic carbocycles. The summed E-state index contributed by atoms with van der Waals surface area (Å²) in [4.78, 5) is 2.52. The summed E-state index contributed by atoms with van der Waals surface area (Å²) in [6.45, 7) is 4.70. The van der Waals surface area contributed by atoms with Crippen LogP contribution in [0, 0.1) is 9.49 Å². The van der Waals surface area contributed by atoms with Gasteiger partial charge in [-0.2, -0.15) is 0 Å². The van der Waals surface area contributed by atoms with Crippen molar-refractivity contribution in [3.05, 3.63) is 21.8 Å². The van der Waals surface area contributed by atoms with Gasteiger partial charge in [0.15, 0.2) is 0 Å². The number of benzene rings is 1. The van der Waals surface area contributed by atoms with Crippen LogP contribution >= 0.6 is 22.6 Å². The van der Waals surface area contributed by atoms with E-state index in [0.29, 0.717) is 0 Å². The molecule has 1 fully saturated rings. The largest absolute Gasteiger partial charge is 0.399 e. The third-order valence-electron chi connectivity index (χ3n) is 3.74. The molecule has 0 spiro atoms. The fraction of sp³-hybridized carbons (Fsp3) is 0.571. The molecule has 94 valence electrons. The average molecular weight is 344 g/mol. The Kier molecular flexibility index (Phi) is 4.54. The van der Waals surface area contributed by atoms with E-state index in [1.165, 1.54) is 48.0 Å². The smallest absolute Gasteiger partial charge is 0.0503 e. The lowest BCUT2D eigenvalue weighted by Gasteiger charge is -2.24. The summed E-state index contributed by atoms with van der Waals surface area (Å²) in [5.74, 6) is 0.923. The van der Waals surface area contributed by atoms with Gasteiger partial charge in [-0.25, -0.2) is 0 Å².